The Morgan fingerprint density at radius 1 is 0.768 bits per heavy atom. The molecule has 0 saturated carbocycles. The van der Waals surface area contributed by atoms with Gasteiger partial charge in [-0.25, -0.2) is 19.6 Å². The number of aromatic amines is 2. The number of benzene rings is 2. The molecule has 0 bridgehead atoms. The molecule has 4 N–H and O–H groups in total. The molecule has 0 spiro atoms. The molecule has 2 aliphatic heterocycles. The van der Waals surface area contributed by atoms with Crippen molar-refractivity contribution in [1.29, 1.82) is 0 Å². The van der Waals surface area contributed by atoms with Gasteiger partial charge in [0.2, 0.25) is 11.8 Å². The zero-order chi connectivity index (χ0) is 40.3. The molecule has 6 rings (SSSR count). The smallest absolute Gasteiger partial charge is 0.407 e. The molecule has 0 aliphatic carbocycles. The summed E-state index contributed by atoms with van der Waals surface area (Å²) in [6.45, 7) is 16.5. The number of alkyl carbamates (subject to hydrolysis) is 2. The van der Waals surface area contributed by atoms with Crippen molar-refractivity contribution in [2.75, 3.05) is 27.3 Å². The number of rotatable bonds is 9. The van der Waals surface area contributed by atoms with Gasteiger partial charge >= 0.3 is 12.2 Å². The van der Waals surface area contributed by atoms with Gasteiger partial charge in [-0.1, -0.05) is 76.0 Å². The molecule has 56 heavy (non-hydrogen) atoms. The first-order valence-corrected chi connectivity index (χ1v) is 18.6. The Morgan fingerprint density at radius 2 is 1.29 bits per heavy atom. The summed E-state index contributed by atoms with van der Waals surface area (Å²) in [7, 11) is 2.54. The minimum absolute atomic E-state index is 0.151. The normalized spacial score (nSPS) is 17.9. The van der Waals surface area contributed by atoms with E-state index in [1.165, 1.54) is 14.2 Å². The highest BCUT2D eigenvalue weighted by Gasteiger charge is 2.40. The second-order valence-electron chi connectivity index (χ2n) is 15.0. The Bertz CT molecular complexity index is 2230. The van der Waals surface area contributed by atoms with Gasteiger partial charge in [0.15, 0.2) is 0 Å². The average molecular weight is 761 g/mol. The fraction of sp³-hybridized carbons (Fsp3) is 0.381. The topological polar surface area (TPSA) is 175 Å². The summed E-state index contributed by atoms with van der Waals surface area (Å²) >= 11 is 0. The maximum atomic E-state index is 13.7. The molecule has 0 unspecified atom stereocenters. The number of likely N-dealkylation sites (tertiary alicyclic amines) is 2. The van der Waals surface area contributed by atoms with E-state index in [9.17, 15) is 19.2 Å². The van der Waals surface area contributed by atoms with Gasteiger partial charge in [-0.15, -0.1) is 0 Å². The molecule has 2 aromatic heterocycles. The third-order valence-electron chi connectivity index (χ3n) is 10.1. The van der Waals surface area contributed by atoms with Crippen molar-refractivity contribution < 1.29 is 28.7 Å². The molecule has 292 valence electrons. The number of hydrogen-bond acceptors (Lipinski definition) is 8. The van der Waals surface area contributed by atoms with Crippen LogP contribution in [0.3, 0.4) is 0 Å². The van der Waals surface area contributed by atoms with Gasteiger partial charge in [-0.05, 0) is 60.6 Å². The summed E-state index contributed by atoms with van der Waals surface area (Å²) in [5.41, 5.74) is 6.66. The molecular formula is C42H48N8O6. The van der Waals surface area contributed by atoms with Crippen LogP contribution in [0, 0.1) is 23.7 Å². The predicted octanol–water partition coefficient (Wildman–Crippen LogP) is 5.77. The number of methoxy groups -OCH3 is 2. The summed E-state index contributed by atoms with van der Waals surface area (Å²) < 4.78 is 9.50. The number of carbonyl (C=O) groups excluding carboxylic acids is 4. The highest BCUT2D eigenvalue weighted by Crippen LogP contribution is 2.36. The largest absolute Gasteiger partial charge is 0.453 e. The number of H-pyrrole nitrogens is 2. The highest BCUT2D eigenvalue weighted by atomic mass is 16.5. The number of hydrogen-bond donors (Lipinski definition) is 4. The van der Waals surface area contributed by atoms with Crippen molar-refractivity contribution >= 4 is 35.0 Å². The van der Waals surface area contributed by atoms with E-state index in [-0.39, 0.29) is 35.7 Å². The summed E-state index contributed by atoms with van der Waals surface area (Å²) in [5, 5.41) is 5.34. The lowest BCUT2D eigenvalue weighted by Gasteiger charge is -2.29. The lowest BCUT2D eigenvalue weighted by molar-refractivity contribution is -0.136. The summed E-state index contributed by atoms with van der Waals surface area (Å²) in [5.74, 6) is 7.02. The van der Waals surface area contributed by atoms with Crippen LogP contribution in [0.1, 0.15) is 75.4 Å². The van der Waals surface area contributed by atoms with E-state index >= 15 is 0 Å². The van der Waals surface area contributed by atoms with Gasteiger partial charge < -0.3 is 39.9 Å². The van der Waals surface area contributed by atoms with Crippen molar-refractivity contribution in [3.8, 4) is 23.1 Å². The molecule has 4 aromatic rings. The fourth-order valence-corrected chi connectivity index (χ4v) is 7.10. The molecule has 2 aromatic carbocycles. The van der Waals surface area contributed by atoms with Crippen LogP contribution >= 0.6 is 0 Å². The van der Waals surface area contributed by atoms with E-state index in [1.807, 2.05) is 70.2 Å². The van der Waals surface area contributed by atoms with E-state index in [4.69, 9.17) is 14.5 Å². The van der Waals surface area contributed by atoms with Crippen molar-refractivity contribution in [2.24, 2.45) is 11.8 Å². The molecule has 4 heterocycles. The van der Waals surface area contributed by atoms with Crippen LogP contribution in [0.15, 0.2) is 73.0 Å². The van der Waals surface area contributed by atoms with Gasteiger partial charge in [0.05, 0.1) is 49.2 Å². The second kappa shape index (κ2) is 16.6. The second-order valence-corrected chi connectivity index (χ2v) is 15.0. The molecule has 14 nitrogen and oxygen atoms in total. The molecule has 0 radical (unpaired) electrons. The molecule has 4 amide bonds. The van der Waals surface area contributed by atoms with E-state index < -0.39 is 24.3 Å². The number of carbonyl (C=O) groups is 4. The molecule has 4 atom stereocenters. The Kier molecular flexibility index (Phi) is 11.6. The maximum Gasteiger partial charge on any atom is 0.407 e. The Balaban J connectivity index is 1.14. The monoisotopic (exact) mass is 760 g/mol. The van der Waals surface area contributed by atoms with Crippen molar-refractivity contribution in [2.45, 2.75) is 64.7 Å². The number of amides is 4. The minimum Gasteiger partial charge on any atom is -0.453 e. The molecule has 2 fully saturated rings. The number of nitrogens with zero attached hydrogens (tertiary/aromatic N) is 4. The number of ether oxygens (including phenoxy) is 2. The first-order valence-electron chi connectivity index (χ1n) is 18.6. The first kappa shape index (κ1) is 39.3. The standard InChI is InChI=1S/C42H48N8O6/c1-23(2)35(47-41(53)55-7)39(51)49-21-25(5)17-33(49)37-43-20-32(46-37)29-14-11-27(12-15-29)9-10-28-13-16-30-31(19-28)45-38(44-30)34-18-26(6)22-50(34)40(52)36(24(3)4)48-42(54)56-8/h11-16,19-20,23-24,33-36H,5-6,17-18,21-22H2,1-4,7-8H3,(H,43,46)(H,44,45)(H,47,53)(H,48,54)/t33-,34-,35-,36-/m0/s1. The summed E-state index contributed by atoms with van der Waals surface area (Å²) in [6.07, 6.45) is 1.55. The predicted molar refractivity (Wildman–Crippen MR) is 211 cm³/mol. The first-order chi connectivity index (χ1) is 26.8. The quantitative estimate of drug-likeness (QED) is 0.123. The fourth-order valence-electron chi connectivity index (χ4n) is 7.10. The maximum absolute atomic E-state index is 13.7. The number of fused-ring (bicyclic) bond motifs is 1. The van der Waals surface area contributed by atoms with Crippen molar-refractivity contribution in [3.05, 3.63) is 95.7 Å². The third-order valence-corrected chi connectivity index (χ3v) is 10.1. The SMILES string of the molecule is C=C1C[C@@H](c2ncc(-c3ccc(C#Cc4ccc5nc([C@@H]6CC(=C)CN6C(=O)[C@@H](NC(=O)OC)C(C)C)[nH]c5c4)cc3)[nH]2)N(C(=O)[C@@H](NC(=O)OC)C(C)C)C1. The van der Waals surface area contributed by atoms with Crippen LogP contribution in [-0.4, -0.2) is 93.1 Å². The van der Waals surface area contributed by atoms with Gasteiger partial charge in [-0.2, -0.15) is 0 Å². The lowest BCUT2D eigenvalue weighted by Crippen LogP contribution is -2.51. The van der Waals surface area contributed by atoms with Crippen LogP contribution in [0.5, 0.6) is 0 Å². The number of nitrogens with one attached hydrogen (secondary N) is 4. The number of aromatic nitrogens is 4. The van der Waals surface area contributed by atoms with Crippen molar-refractivity contribution in [1.82, 2.24) is 40.4 Å². The molecule has 14 heteroatoms. The zero-order valence-electron chi connectivity index (χ0n) is 32.6. The summed E-state index contributed by atoms with van der Waals surface area (Å²) in [6, 6.07) is 11.3. The molecule has 2 aliphatic rings. The van der Waals surface area contributed by atoms with Crippen LogP contribution in [0.25, 0.3) is 22.3 Å². The average Bonchev–Trinajstić information content (AvgIpc) is 3.99. The minimum atomic E-state index is -0.754. The van der Waals surface area contributed by atoms with E-state index in [0.717, 1.165) is 44.6 Å². The highest BCUT2D eigenvalue weighted by molar-refractivity contribution is 5.88. The van der Waals surface area contributed by atoms with E-state index in [0.29, 0.717) is 37.6 Å². The van der Waals surface area contributed by atoms with Gasteiger partial charge in [-0.3, -0.25) is 9.59 Å². The third kappa shape index (κ3) is 8.47. The molecular weight excluding hydrogens is 713 g/mol. The van der Waals surface area contributed by atoms with E-state index in [2.05, 4.69) is 50.6 Å². The number of imidazole rings is 2. The van der Waals surface area contributed by atoms with E-state index in [1.54, 1.807) is 16.0 Å². The van der Waals surface area contributed by atoms with Crippen LogP contribution in [0.4, 0.5) is 9.59 Å². The van der Waals surface area contributed by atoms with Crippen molar-refractivity contribution in [3.63, 3.8) is 0 Å². The summed E-state index contributed by atoms with van der Waals surface area (Å²) in [4.78, 5) is 70.9. The Morgan fingerprint density at radius 3 is 1.82 bits per heavy atom. The van der Waals surface area contributed by atoms with Gasteiger partial charge in [0.25, 0.3) is 0 Å². The van der Waals surface area contributed by atoms with Crippen LogP contribution in [0.2, 0.25) is 0 Å². The Hall–Kier alpha value is -6.36. The molecule has 2 saturated heterocycles. The zero-order valence-corrected chi connectivity index (χ0v) is 32.6. The van der Waals surface area contributed by atoms with Crippen LogP contribution in [-0.2, 0) is 19.1 Å². The lowest BCUT2D eigenvalue weighted by atomic mass is 10.0. The Labute approximate surface area is 326 Å². The van der Waals surface area contributed by atoms with Gasteiger partial charge in [0, 0.05) is 24.2 Å². The van der Waals surface area contributed by atoms with Gasteiger partial charge in [0.1, 0.15) is 23.7 Å². The van der Waals surface area contributed by atoms with Crippen LogP contribution < -0.4 is 10.6 Å².